The molecular formula is C34H41ClN2O6S. The summed E-state index contributed by atoms with van der Waals surface area (Å²) >= 11 is 6.39. The number of aryl methyl sites for hydroxylation is 1. The van der Waals surface area contributed by atoms with Crippen molar-refractivity contribution in [1.29, 1.82) is 0 Å². The van der Waals surface area contributed by atoms with Crippen LogP contribution in [-0.2, 0) is 26.7 Å². The highest BCUT2D eigenvalue weighted by Gasteiger charge is 2.43. The van der Waals surface area contributed by atoms with E-state index < -0.39 is 27.1 Å². The minimum Gasteiger partial charge on any atom is -0.490 e. The third-order valence-corrected chi connectivity index (χ3v) is 12.6. The predicted molar refractivity (Wildman–Crippen MR) is 171 cm³/mol. The Labute approximate surface area is 264 Å². The fourth-order valence-electron chi connectivity index (χ4n) is 7.62. The Kier molecular flexibility index (Phi) is 8.48. The van der Waals surface area contributed by atoms with Gasteiger partial charge in [0.2, 0.25) is 10.0 Å². The number of nitrogens with one attached hydrogen (secondary N) is 1. The third kappa shape index (κ3) is 6.10. The number of amides is 1. The molecule has 1 saturated carbocycles. The summed E-state index contributed by atoms with van der Waals surface area (Å²) in [6, 6.07) is 11.3. The van der Waals surface area contributed by atoms with Crippen molar-refractivity contribution in [2.24, 2.45) is 23.7 Å². The molecule has 2 heterocycles. The number of carboxylic acid groups (broad SMARTS) is 1. The summed E-state index contributed by atoms with van der Waals surface area (Å²) in [6.07, 6.45) is 9.50. The number of hydrogen-bond donors (Lipinski definition) is 2. The zero-order valence-electron chi connectivity index (χ0n) is 25.3. The number of halogens is 1. The van der Waals surface area contributed by atoms with Crippen LogP contribution in [0.25, 0.3) is 0 Å². The van der Waals surface area contributed by atoms with E-state index in [9.17, 15) is 23.1 Å². The molecule has 1 fully saturated rings. The lowest BCUT2D eigenvalue weighted by Gasteiger charge is -2.44. The topological polar surface area (TPSA) is 113 Å². The standard InChI is InChI=1S/C34H41ClN2O6S/c1-21-14-23(15-32(38)39)5-6-24-7-8-27(24)18-37-19-34(13-3-4-25-16-28(35)10-11-29(25)34)20-43-31-12-9-26(17-30(31)37)33(40)36-44(41,42)22(21)2/h5-6,9-12,16-17,21-24,27H,3-4,7-8,13-15,18-20H2,1-2H3,(H,36,40)(H,38,39)/b6-5+/t21-,22+,23+,24+,27-,34-/m0/s1. The molecule has 2 aliphatic carbocycles. The molecule has 1 spiro atoms. The quantitative estimate of drug-likeness (QED) is 0.389. The van der Waals surface area contributed by atoms with E-state index in [0.717, 1.165) is 49.4 Å². The van der Waals surface area contributed by atoms with Crippen LogP contribution in [0, 0.1) is 23.7 Å². The number of anilines is 1. The van der Waals surface area contributed by atoms with Gasteiger partial charge >= 0.3 is 5.97 Å². The summed E-state index contributed by atoms with van der Waals surface area (Å²) in [5.74, 6) is -0.926. The summed E-state index contributed by atoms with van der Waals surface area (Å²) in [6.45, 7) is 5.31. The van der Waals surface area contributed by atoms with Crippen molar-refractivity contribution in [3.63, 3.8) is 0 Å². The van der Waals surface area contributed by atoms with E-state index in [1.807, 2.05) is 12.1 Å². The average molecular weight is 641 g/mol. The van der Waals surface area contributed by atoms with E-state index in [4.69, 9.17) is 16.3 Å². The van der Waals surface area contributed by atoms with Gasteiger partial charge in [-0.3, -0.25) is 9.59 Å². The van der Waals surface area contributed by atoms with Crippen LogP contribution in [-0.4, -0.2) is 50.3 Å². The molecule has 44 heavy (non-hydrogen) atoms. The molecule has 6 atom stereocenters. The van der Waals surface area contributed by atoms with Crippen LogP contribution >= 0.6 is 11.6 Å². The molecule has 1 amide bonds. The molecule has 2 aromatic carbocycles. The van der Waals surface area contributed by atoms with Crippen LogP contribution in [0.4, 0.5) is 5.69 Å². The predicted octanol–water partition coefficient (Wildman–Crippen LogP) is 5.97. The highest BCUT2D eigenvalue weighted by molar-refractivity contribution is 7.90. The van der Waals surface area contributed by atoms with E-state index in [2.05, 4.69) is 27.8 Å². The average Bonchev–Trinajstić information content (AvgIpc) is 3.10. The van der Waals surface area contributed by atoms with Gasteiger partial charge in [0.1, 0.15) is 5.75 Å². The lowest BCUT2D eigenvalue weighted by molar-refractivity contribution is -0.137. The molecule has 4 aliphatic rings. The number of rotatable bonds is 2. The summed E-state index contributed by atoms with van der Waals surface area (Å²) in [5, 5.41) is 9.43. The van der Waals surface area contributed by atoms with Crippen molar-refractivity contribution in [1.82, 2.24) is 4.72 Å². The number of nitrogens with zero attached hydrogens (tertiary/aromatic N) is 1. The number of carbonyl (C=O) groups is 2. The smallest absolute Gasteiger partial charge is 0.303 e. The molecule has 2 bridgehead atoms. The monoisotopic (exact) mass is 640 g/mol. The Hall–Kier alpha value is -3.04. The van der Waals surface area contributed by atoms with Crippen molar-refractivity contribution in [2.45, 2.75) is 69.5 Å². The first kappa shape index (κ1) is 31.0. The number of hydrogen-bond acceptors (Lipinski definition) is 6. The third-order valence-electron chi connectivity index (χ3n) is 10.5. The van der Waals surface area contributed by atoms with E-state index in [0.29, 0.717) is 37.2 Å². The van der Waals surface area contributed by atoms with Gasteiger partial charge in [-0.15, -0.1) is 0 Å². The molecule has 10 heteroatoms. The van der Waals surface area contributed by atoms with Gasteiger partial charge in [0.15, 0.2) is 0 Å². The van der Waals surface area contributed by atoms with Gasteiger partial charge in [-0.25, -0.2) is 13.1 Å². The number of carbonyl (C=O) groups excluding carboxylic acids is 1. The van der Waals surface area contributed by atoms with Crippen LogP contribution in [0.1, 0.15) is 73.9 Å². The number of aliphatic carboxylic acids is 1. The van der Waals surface area contributed by atoms with Crippen LogP contribution in [0.5, 0.6) is 5.75 Å². The first-order valence-electron chi connectivity index (χ1n) is 15.7. The second-order valence-electron chi connectivity index (χ2n) is 13.4. The summed E-state index contributed by atoms with van der Waals surface area (Å²) in [7, 11) is -4.02. The van der Waals surface area contributed by atoms with Gasteiger partial charge in [0.25, 0.3) is 5.91 Å². The zero-order valence-corrected chi connectivity index (χ0v) is 26.9. The molecule has 2 aliphatic heterocycles. The van der Waals surface area contributed by atoms with Gasteiger partial charge in [-0.1, -0.05) is 36.7 Å². The van der Waals surface area contributed by atoms with Crippen molar-refractivity contribution in [2.75, 3.05) is 24.6 Å². The van der Waals surface area contributed by atoms with E-state index in [1.165, 1.54) is 11.1 Å². The van der Waals surface area contributed by atoms with Crippen LogP contribution in [0.15, 0.2) is 48.6 Å². The van der Waals surface area contributed by atoms with E-state index >= 15 is 0 Å². The summed E-state index contributed by atoms with van der Waals surface area (Å²) in [4.78, 5) is 27.5. The number of sulfonamides is 1. The maximum absolute atomic E-state index is 13.4. The van der Waals surface area contributed by atoms with Gasteiger partial charge in [-0.2, -0.15) is 0 Å². The molecule has 0 unspecified atom stereocenters. The van der Waals surface area contributed by atoms with Crippen LogP contribution in [0.2, 0.25) is 5.02 Å². The number of carboxylic acids is 1. The van der Waals surface area contributed by atoms with Gasteiger partial charge < -0.3 is 14.7 Å². The SMILES string of the molecule is C[C@@H]1[C@@H](C)C[C@H](CC(=O)O)/C=C/[C@@H]2CC[C@H]2CN2C[C@@]3(CCCc4cc(Cl)ccc43)COc3ccc(cc32)C(=O)NS1(=O)=O. The Morgan fingerprint density at radius 3 is 2.73 bits per heavy atom. The van der Waals surface area contributed by atoms with Gasteiger partial charge in [0.05, 0.1) is 24.0 Å². The van der Waals surface area contributed by atoms with Gasteiger partial charge in [0, 0.05) is 29.1 Å². The molecule has 2 aromatic rings. The fourth-order valence-corrected chi connectivity index (χ4v) is 9.10. The van der Waals surface area contributed by atoms with Crippen molar-refractivity contribution in [3.05, 3.63) is 70.3 Å². The molecule has 0 radical (unpaired) electrons. The van der Waals surface area contributed by atoms with Crippen molar-refractivity contribution in [3.8, 4) is 5.75 Å². The van der Waals surface area contributed by atoms with E-state index in [1.54, 1.807) is 32.0 Å². The lowest BCUT2D eigenvalue weighted by Crippen LogP contribution is -2.48. The lowest BCUT2D eigenvalue weighted by atomic mass is 9.69. The largest absolute Gasteiger partial charge is 0.490 e. The molecule has 2 N–H and O–H groups in total. The zero-order chi connectivity index (χ0) is 31.2. The molecule has 0 saturated heterocycles. The molecule has 236 valence electrons. The second kappa shape index (κ2) is 12.0. The second-order valence-corrected chi connectivity index (χ2v) is 15.9. The highest BCUT2D eigenvalue weighted by Crippen LogP contribution is 2.46. The Morgan fingerprint density at radius 1 is 1.16 bits per heavy atom. The summed E-state index contributed by atoms with van der Waals surface area (Å²) in [5.41, 5.74) is 3.28. The Bertz CT molecular complexity index is 1590. The molecule has 0 aromatic heterocycles. The normalized spacial score (nSPS) is 32.2. The minimum atomic E-state index is -4.02. The van der Waals surface area contributed by atoms with Crippen LogP contribution < -0.4 is 14.4 Å². The highest BCUT2D eigenvalue weighted by atomic mass is 35.5. The maximum Gasteiger partial charge on any atom is 0.303 e. The van der Waals surface area contributed by atoms with Crippen LogP contribution in [0.3, 0.4) is 0 Å². The number of allylic oxidation sites excluding steroid dienone is 2. The fraction of sp³-hybridized carbons (Fsp3) is 0.529. The van der Waals surface area contributed by atoms with Gasteiger partial charge in [-0.05, 0) is 111 Å². The Balaban J connectivity index is 1.41. The number of fused-ring (bicyclic) bond motifs is 4. The molecule has 6 rings (SSSR count). The van der Waals surface area contributed by atoms with Crippen molar-refractivity contribution < 1.29 is 27.9 Å². The number of ether oxygens (including phenoxy) is 1. The maximum atomic E-state index is 13.4. The Morgan fingerprint density at radius 2 is 1.98 bits per heavy atom. The molecule has 8 nitrogen and oxygen atoms in total. The number of benzene rings is 2. The molecular weight excluding hydrogens is 600 g/mol. The minimum absolute atomic E-state index is 0.0688. The van der Waals surface area contributed by atoms with E-state index in [-0.39, 0.29) is 29.2 Å². The first-order chi connectivity index (χ1) is 20.9. The van der Waals surface area contributed by atoms with Crippen molar-refractivity contribution >= 4 is 39.2 Å². The first-order valence-corrected chi connectivity index (χ1v) is 17.6. The summed E-state index contributed by atoms with van der Waals surface area (Å²) < 4.78 is 35.5.